The minimum atomic E-state index is -0.703. The van der Waals surface area contributed by atoms with Gasteiger partial charge in [-0.05, 0) is 45.2 Å². The van der Waals surface area contributed by atoms with Crippen LogP contribution in [-0.4, -0.2) is 39.6 Å². The molecule has 0 radical (unpaired) electrons. The van der Waals surface area contributed by atoms with Crippen LogP contribution in [0.1, 0.15) is 41.4 Å². The summed E-state index contributed by atoms with van der Waals surface area (Å²) < 4.78 is 0. The Balaban J connectivity index is 2.24. The molecule has 5 nitrogen and oxygen atoms in total. The van der Waals surface area contributed by atoms with Gasteiger partial charge in [0.25, 0.3) is 11.5 Å². The number of aromatic nitrogens is 1. The number of pyridine rings is 1. The van der Waals surface area contributed by atoms with E-state index in [-0.39, 0.29) is 17.0 Å². The van der Waals surface area contributed by atoms with E-state index >= 15 is 0 Å². The highest BCUT2D eigenvalue weighted by molar-refractivity contribution is 5.95. The number of nitrogens with one attached hydrogen (secondary N) is 1. The third-order valence-corrected chi connectivity index (χ3v) is 3.71. The molecule has 0 aromatic carbocycles. The number of aromatic amines is 1. The first kappa shape index (κ1) is 13.8. The lowest BCUT2D eigenvalue weighted by molar-refractivity contribution is -0.00208. The van der Waals surface area contributed by atoms with Gasteiger partial charge in [-0.2, -0.15) is 0 Å². The molecule has 1 aliphatic heterocycles. The monoisotopic (exact) mass is 264 g/mol. The molecule has 1 aliphatic rings. The number of aryl methyl sites for hydroxylation is 2. The van der Waals surface area contributed by atoms with Gasteiger partial charge in [0.05, 0.1) is 5.60 Å². The predicted molar refractivity (Wildman–Crippen MR) is 72.3 cm³/mol. The average molecular weight is 264 g/mol. The molecule has 1 fully saturated rings. The maximum absolute atomic E-state index is 12.4. The molecule has 0 aliphatic carbocycles. The average Bonchev–Trinajstić information content (AvgIpc) is 2.27. The maximum Gasteiger partial charge on any atom is 0.261 e. The van der Waals surface area contributed by atoms with E-state index in [0.717, 1.165) is 5.69 Å². The van der Waals surface area contributed by atoms with Crippen LogP contribution in [0.15, 0.2) is 10.9 Å². The van der Waals surface area contributed by atoms with Gasteiger partial charge in [-0.3, -0.25) is 9.59 Å². The molecular formula is C14H20N2O3. The van der Waals surface area contributed by atoms with Crippen LogP contribution in [0.5, 0.6) is 0 Å². The van der Waals surface area contributed by atoms with E-state index in [0.29, 0.717) is 31.5 Å². The standard InChI is InChI=1S/C14H20N2O3/c1-9-8-10(2)15-12(17)11(9)13(18)16-6-4-14(3,19)5-7-16/h8,19H,4-7H2,1-3H3,(H,15,17). The summed E-state index contributed by atoms with van der Waals surface area (Å²) in [4.78, 5) is 28.6. The van der Waals surface area contributed by atoms with Gasteiger partial charge in [-0.15, -0.1) is 0 Å². The van der Waals surface area contributed by atoms with Crippen molar-refractivity contribution in [3.8, 4) is 0 Å². The van der Waals surface area contributed by atoms with E-state index in [9.17, 15) is 14.7 Å². The van der Waals surface area contributed by atoms with Crippen molar-refractivity contribution in [1.29, 1.82) is 0 Å². The molecule has 1 aromatic rings. The number of carbonyl (C=O) groups is 1. The third-order valence-electron chi connectivity index (χ3n) is 3.71. The molecular weight excluding hydrogens is 244 g/mol. The van der Waals surface area contributed by atoms with Crippen LogP contribution in [0.3, 0.4) is 0 Å². The topological polar surface area (TPSA) is 73.4 Å². The molecule has 2 rings (SSSR count). The summed E-state index contributed by atoms with van der Waals surface area (Å²) >= 11 is 0. The van der Waals surface area contributed by atoms with Gasteiger partial charge in [0.1, 0.15) is 5.56 Å². The predicted octanol–water partition coefficient (Wildman–Crippen LogP) is 0.979. The molecule has 1 amide bonds. The van der Waals surface area contributed by atoms with Crippen LogP contribution in [-0.2, 0) is 0 Å². The first-order valence-corrected chi connectivity index (χ1v) is 6.52. The second-order valence-corrected chi connectivity index (χ2v) is 5.63. The number of hydrogen-bond donors (Lipinski definition) is 2. The summed E-state index contributed by atoms with van der Waals surface area (Å²) in [5, 5.41) is 9.88. The first-order chi connectivity index (χ1) is 8.80. The molecule has 0 unspecified atom stereocenters. The molecule has 104 valence electrons. The summed E-state index contributed by atoms with van der Waals surface area (Å²) in [6.45, 7) is 6.31. The van der Waals surface area contributed by atoms with Crippen molar-refractivity contribution >= 4 is 5.91 Å². The van der Waals surface area contributed by atoms with Crippen molar-refractivity contribution in [3.05, 3.63) is 33.2 Å². The van der Waals surface area contributed by atoms with Gasteiger partial charge in [-0.1, -0.05) is 0 Å². The van der Waals surface area contributed by atoms with Crippen molar-refractivity contribution < 1.29 is 9.90 Å². The van der Waals surface area contributed by atoms with Crippen molar-refractivity contribution in [1.82, 2.24) is 9.88 Å². The zero-order valence-corrected chi connectivity index (χ0v) is 11.6. The van der Waals surface area contributed by atoms with Gasteiger partial charge in [0.2, 0.25) is 0 Å². The number of H-pyrrole nitrogens is 1. The van der Waals surface area contributed by atoms with Crippen LogP contribution in [0.2, 0.25) is 0 Å². The molecule has 2 heterocycles. The smallest absolute Gasteiger partial charge is 0.261 e. The largest absolute Gasteiger partial charge is 0.390 e. The van der Waals surface area contributed by atoms with Crippen LogP contribution < -0.4 is 5.56 Å². The van der Waals surface area contributed by atoms with Crippen LogP contribution in [0.4, 0.5) is 0 Å². The van der Waals surface area contributed by atoms with Gasteiger partial charge >= 0.3 is 0 Å². The fraction of sp³-hybridized carbons (Fsp3) is 0.571. The summed E-state index contributed by atoms with van der Waals surface area (Å²) in [6, 6.07) is 1.80. The van der Waals surface area contributed by atoms with E-state index in [1.54, 1.807) is 31.7 Å². The number of rotatable bonds is 1. The quantitative estimate of drug-likeness (QED) is 0.794. The zero-order valence-electron chi connectivity index (χ0n) is 11.6. The maximum atomic E-state index is 12.4. The summed E-state index contributed by atoms with van der Waals surface area (Å²) in [5.74, 6) is -0.241. The molecule has 19 heavy (non-hydrogen) atoms. The Morgan fingerprint density at radius 3 is 2.47 bits per heavy atom. The number of nitrogens with zero attached hydrogens (tertiary/aromatic N) is 1. The molecule has 2 N–H and O–H groups in total. The van der Waals surface area contributed by atoms with E-state index < -0.39 is 5.60 Å². The Kier molecular flexibility index (Phi) is 3.49. The van der Waals surface area contributed by atoms with E-state index in [1.807, 2.05) is 0 Å². The number of aliphatic hydroxyl groups is 1. The van der Waals surface area contributed by atoms with Gasteiger partial charge < -0.3 is 15.0 Å². The highest BCUT2D eigenvalue weighted by atomic mass is 16.3. The van der Waals surface area contributed by atoms with Crippen LogP contribution in [0, 0.1) is 13.8 Å². The Bertz CT molecular complexity index is 550. The van der Waals surface area contributed by atoms with Crippen molar-refractivity contribution in [2.45, 2.75) is 39.2 Å². The molecule has 5 heteroatoms. The van der Waals surface area contributed by atoms with Crippen molar-refractivity contribution in [2.24, 2.45) is 0 Å². The molecule has 0 bridgehead atoms. The Morgan fingerprint density at radius 2 is 1.95 bits per heavy atom. The van der Waals surface area contributed by atoms with Crippen molar-refractivity contribution in [3.63, 3.8) is 0 Å². The fourth-order valence-electron chi connectivity index (χ4n) is 2.47. The Labute approximate surface area is 112 Å². The normalized spacial score (nSPS) is 18.4. The molecule has 0 saturated carbocycles. The van der Waals surface area contributed by atoms with E-state index in [1.165, 1.54) is 0 Å². The molecule has 1 saturated heterocycles. The summed E-state index contributed by atoms with van der Waals surface area (Å²) in [7, 11) is 0. The SMILES string of the molecule is Cc1cc(C)c(C(=O)N2CCC(C)(O)CC2)c(=O)[nH]1. The van der Waals surface area contributed by atoms with Crippen LogP contribution >= 0.6 is 0 Å². The highest BCUT2D eigenvalue weighted by Crippen LogP contribution is 2.22. The molecule has 1 aromatic heterocycles. The van der Waals surface area contributed by atoms with E-state index in [2.05, 4.69) is 4.98 Å². The molecule has 0 spiro atoms. The van der Waals surface area contributed by atoms with Gasteiger partial charge in [-0.25, -0.2) is 0 Å². The number of likely N-dealkylation sites (tertiary alicyclic amines) is 1. The lowest BCUT2D eigenvalue weighted by atomic mass is 9.93. The van der Waals surface area contributed by atoms with Crippen LogP contribution in [0.25, 0.3) is 0 Å². The lowest BCUT2D eigenvalue weighted by Gasteiger charge is -2.35. The summed E-state index contributed by atoms with van der Waals surface area (Å²) in [6.07, 6.45) is 1.09. The van der Waals surface area contributed by atoms with E-state index in [4.69, 9.17) is 0 Å². The minimum Gasteiger partial charge on any atom is -0.390 e. The number of hydrogen-bond acceptors (Lipinski definition) is 3. The molecule has 0 atom stereocenters. The Hall–Kier alpha value is -1.62. The number of piperidine rings is 1. The third kappa shape index (κ3) is 2.87. The Morgan fingerprint density at radius 1 is 1.37 bits per heavy atom. The first-order valence-electron chi connectivity index (χ1n) is 6.52. The minimum absolute atomic E-state index is 0.215. The lowest BCUT2D eigenvalue weighted by Crippen LogP contribution is -2.46. The van der Waals surface area contributed by atoms with Gasteiger partial charge in [0, 0.05) is 18.8 Å². The number of carbonyl (C=O) groups excluding carboxylic acids is 1. The van der Waals surface area contributed by atoms with Gasteiger partial charge in [0.15, 0.2) is 0 Å². The number of amides is 1. The second-order valence-electron chi connectivity index (χ2n) is 5.63. The highest BCUT2D eigenvalue weighted by Gasteiger charge is 2.31. The zero-order chi connectivity index (χ0) is 14.2. The fourth-order valence-corrected chi connectivity index (χ4v) is 2.47. The summed E-state index contributed by atoms with van der Waals surface area (Å²) in [5.41, 5.74) is 0.627. The van der Waals surface area contributed by atoms with Crippen molar-refractivity contribution in [2.75, 3.05) is 13.1 Å². The second kappa shape index (κ2) is 4.81.